The third kappa shape index (κ3) is 10.8. The minimum Gasteiger partial charge on any atom is -0.494 e. The summed E-state index contributed by atoms with van der Waals surface area (Å²) in [5, 5.41) is 3.41. The lowest BCUT2D eigenvalue weighted by Gasteiger charge is -2.27. The number of hydrogen-bond donors (Lipinski definition) is 1. The van der Waals surface area contributed by atoms with Gasteiger partial charge in [-0.1, -0.05) is 77.3 Å². The van der Waals surface area contributed by atoms with Crippen LogP contribution >= 0.6 is 0 Å². The number of hydrogen-bond acceptors (Lipinski definition) is 3. The van der Waals surface area contributed by atoms with Gasteiger partial charge >= 0.3 is 0 Å². The van der Waals surface area contributed by atoms with Crippen molar-refractivity contribution in [1.82, 2.24) is 10.2 Å². The molecule has 1 aliphatic rings. The molecule has 0 atom stereocenters. The van der Waals surface area contributed by atoms with Gasteiger partial charge in [-0.3, -0.25) is 4.90 Å². The third-order valence-corrected chi connectivity index (χ3v) is 5.46. The summed E-state index contributed by atoms with van der Waals surface area (Å²) in [6.45, 7) is 11.0. The molecule has 3 nitrogen and oxygen atoms in total. The van der Waals surface area contributed by atoms with Gasteiger partial charge in [0.15, 0.2) is 0 Å². The largest absolute Gasteiger partial charge is 0.494 e. The summed E-state index contributed by atoms with van der Waals surface area (Å²) in [5.41, 5.74) is 1.37. The smallest absolute Gasteiger partial charge is 0.119 e. The first-order chi connectivity index (χ1) is 13.2. The highest BCUT2D eigenvalue weighted by Crippen LogP contribution is 2.16. The normalized spacial score (nSPS) is 15.4. The molecule has 1 aromatic rings. The Hall–Kier alpha value is -1.06. The van der Waals surface area contributed by atoms with Gasteiger partial charge in [-0.15, -0.1) is 0 Å². The first kappa shape index (κ1) is 22.2. The van der Waals surface area contributed by atoms with Crippen molar-refractivity contribution in [3.8, 4) is 5.75 Å². The van der Waals surface area contributed by atoms with E-state index >= 15 is 0 Å². The Morgan fingerprint density at radius 1 is 0.926 bits per heavy atom. The van der Waals surface area contributed by atoms with Gasteiger partial charge in [-0.05, 0) is 30.0 Å². The van der Waals surface area contributed by atoms with Crippen LogP contribution in [0.2, 0.25) is 0 Å². The molecule has 1 N–H and O–H groups in total. The van der Waals surface area contributed by atoms with Crippen LogP contribution in [0.25, 0.3) is 0 Å². The van der Waals surface area contributed by atoms with Crippen LogP contribution in [0.5, 0.6) is 5.75 Å². The van der Waals surface area contributed by atoms with E-state index in [1.54, 1.807) is 0 Å². The number of unbranched alkanes of at least 4 members (excludes halogenated alkanes) is 7. The maximum absolute atomic E-state index is 5.99. The zero-order chi connectivity index (χ0) is 19.2. The maximum Gasteiger partial charge on any atom is 0.119 e. The molecule has 2 rings (SSSR count). The number of piperazine rings is 1. The summed E-state index contributed by atoms with van der Waals surface area (Å²) in [6, 6.07) is 8.67. The second kappa shape index (κ2) is 14.0. The molecule has 0 bridgehead atoms. The van der Waals surface area contributed by atoms with Crippen molar-refractivity contribution in [2.45, 2.75) is 78.2 Å². The van der Waals surface area contributed by atoms with Gasteiger partial charge in [0.1, 0.15) is 5.75 Å². The Morgan fingerprint density at radius 2 is 1.59 bits per heavy atom. The highest BCUT2D eigenvalue weighted by atomic mass is 16.5. The van der Waals surface area contributed by atoms with Crippen molar-refractivity contribution in [2.24, 2.45) is 5.92 Å². The molecular weight excluding hydrogens is 332 g/mol. The van der Waals surface area contributed by atoms with Gasteiger partial charge in [0.05, 0.1) is 6.61 Å². The second-order valence-corrected chi connectivity index (χ2v) is 8.53. The molecule has 0 radical (unpaired) electrons. The quantitative estimate of drug-likeness (QED) is 0.427. The van der Waals surface area contributed by atoms with Gasteiger partial charge in [-0.25, -0.2) is 0 Å². The zero-order valence-electron chi connectivity index (χ0n) is 17.8. The van der Waals surface area contributed by atoms with Crippen LogP contribution < -0.4 is 10.1 Å². The molecule has 1 saturated heterocycles. The predicted octanol–water partition coefficient (Wildman–Crippen LogP) is 5.64. The summed E-state index contributed by atoms with van der Waals surface area (Å²) < 4.78 is 5.99. The van der Waals surface area contributed by atoms with Crippen molar-refractivity contribution in [3.05, 3.63) is 29.8 Å². The summed E-state index contributed by atoms with van der Waals surface area (Å²) >= 11 is 0. The summed E-state index contributed by atoms with van der Waals surface area (Å²) in [5.74, 6) is 1.90. The SMILES string of the molecule is CC(C)CCCCCCCCCCOc1cccc(CN2CCNCC2)c1. The fourth-order valence-electron chi connectivity index (χ4n) is 3.77. The summed E-state index contributed by atoms with van der Waals surface area (Å²) in [6.07, 6.45) is 12.3. The molecule has 1 aliphatic heterocycles. The Balaban J connectivity index is 1.47. The molecule has 0 aliphatic carbocycles. The highest BCUT2D eigenvalue weighted by molar-refractivity contribution is 5.28. The number of benzene rings is 1. The first-order valence-electron chi connectivity index (χ1n) is 11.4. The van der Waals surface area contributed by atoms with Crippen LogP contribution in [0.3, 0.4) is 0 Å². The lowest BCUT2D eigenvalue weighted by atomic mass is 10.0. The zero-order valence-corrected chi connectivity index (χ0v) is 17.8. The molecule has 1 fully saturated rings. The second-order valence-electron chi connectivity index (χ2n) is 8.53. The van der Waals surface area contributed by atoms with E-state index in [4.69, 9.17) is 4.74 Å². The topological polar surface area (TPSA) is 24.5 Å². The van der Waals surface area contributed by atoms with Crippen molar-refractivity contribution in [1.29, 1.82) is 0 Å². The molecule has 0 saturated carbocycles. The molecule has 27 heavy (non-hydrogen) atoms. The van der Waals surface area contributed by atoms with Gasteiger partial charge < -0.3 is 10.1 Å². The van der Waals surface area contributed by atoms with E-state index in [2.05, 4.69) is 48.3 Å². The van der Waals surface area contributed by atoms with Crippen LogP contribution in [0.4, 0.5) is 0 Å². The van der Waals surface area contributed by atoms with E-state index in [9.17, 15) is 0 Å². The molecule has 0 unspecified atom stereocenters. The summed E-state index contributed by atoms with van der Waals surface area (Å²) in [4.78, 5) is 2.51. The molecule has 1 aromatic carbocycles. The van der Waals surface area contributed by atoms with Crippen LogP contribution in [0.15, 0.2) is 24.3 Å². The van der Waals surface area contributed by atoms with E-state index < -0.39 is 0 Å². The number of nitrogens with one attached hydrogen (secondary N) is 1. The molecule has 0 spiro atoms. The van der Waals surface area contributed by atoms with Crippen molar-refractivity contribution in [3.63, 3.8) is 0 Å². The van der Waals surface area contributed by atoms with Crippen molar-refractivity contribution >= 4 is 0 Å². The molecule has 3 heteroatoms. The molecule has 0 aromatic heterocycles. The fraction of sp³-hybridized carbons (Fsp3) is 0.750. The number of ether oxygens (including phenoxy) is 1. The van der Waals surface area contributed by atoms with E-state index in [0.29, 0.717) is 0 Å². The Labute approximate surface area is 167 Å². The highest BCUT2D eigenvalue weighted by Gasteiger charge is 2.10. The molecule has 1 heterocycles. The van der Waals surface area contributed by atoms with E-state index in [1.807, 2.05) is 0 Å². The minimum atomic E-state index is 0.853. The fourth-order valence-corrected chi connectivity index (χ4v) is 3.77. The van der Waals surface area contributed by atoms with Crippen LogP contribution in [0, 0.1) is 5.92 Å². The monoisotopic (exact) mass is 374 g/mol. The predicted molar refractivity (Wildman–Crippen MR) is 116 cm³/mol. The lowest BCUT2D eigenvalue weighted by molar-refractivity contribution is 0.232. The van der Waals surface area contributed by atoms with E-state index in [-0.39, 0.29) is 0 Å². The Bertz CT molecular complexity index is 483. The lowest BCUT2D eigenvalue weighted by Crippen LogP contribution is -2.42. The van der Waals surface area contributed by atoms with Crippen LogP contribution in [0.1, 0.15) is 77.2 Å². The Morgan fingerprint density at radius 3 is 2.30 bits per heavy atom. The van der Waals surface area contributed by atoms with E-state index in [0.717, 1.165) is 51.0 Å². The van der Waals surface area contributed by atoms with Crippen molar-refractivity contribution in [2.75, 3.05) is 32.8 Å². The minimum absolute atomic E-state index is 0.853. The average molecular weight is 375 g/mol. The van der Waals surface area contributed by atoms with E-state index in [1.165, 1.54) is 63.4 Å². The molecule has 0 amide bonds. The average Bonchev–Trinajstić information content (AvgIpc) is 2.67. The van der Waals surface area contributed by atoms with Gasteiger partial charge in [0, 0.05) is 32.7 Å². The van der Waals surface area contributed by atoms with Gasteiger partial charge in [-0.2, -0.15) is 0 Å². The third-order valence-electron chi connectivity index (χ3n) is 5.46. The Kier molecular flexibility index (Phi) is 11.5. The molecular formula is C24H42N2O. The van der Waals surface area contributed by atoms with Gasteiger partial charge in [0.2, 0.25) is 0 Å². The summed E-state index contributed by atoms with van der Waals surface area (Å²) in [7, 11) is 0. The van der Waals surface area contributed by atoms with Crippen LogP contribution in [-0.4, -0.2) is 37.7 Å². The first-order valence-corrected chi connectivity index (χ1v) is 11.4. The standard InChI is InChI=1S/C24H42N2O/c1-22(2)12-9-7-5-3-4-6-8-10-19-27-24-14-11-13-23(20-24)21-26-17-15-25-16-18-26/h11,13-14,20,22,25H,3-10,12,15-19,21H2,1-2H3. The van der Waals surface area contributed by atoms with Gasteiger partial charge in [0.25, 0.3) is 0 Å². The molecule has 154 valence electrons. The van der Waals surface area contributed by atoms with Crippen LogP contribution in [-0.2, 0) is 6.54 Å². The number of rotatable bonds is 14. The number of nitrogens with zero attached hydrogens (tertiary/aromatic N) is 1. The van der Waals surface area contributed by atoms with Crippen molar-refractivity contribution < 1.29 is 4.74 Å². The maximum atomic E-state index is 5.99.